The third-order valence-corrected chi connectivity index (χ3v) is 11.3. The third kappa shape index (κ3) is 20.7. The number of alkyl halides is 2. The Kier molecular flexibility index (Phi) is 26.5. The van der Waals surface area contributed by atoms with Crippen molar-refractivity contribution in [2.24, 2.45) is 4.99 Å². The van der Waals surface area contributed by atoms with Crippen LogP contribution in [0.25, 0.3) is 0 Å². The molecule has 384 valence electrons. The first-order valence-corrected chi connectivity index (χ1v) is 24.5. The van der Waals surface area contributed by atoms with Gasteiger partial charge in [-0.25, -0.2) is 18.4 Å². The van der Waals surface area contributed by atoms with Crippen LogP contribution in [0.4, 0.5) is 13.6 Å². The summed E-state index contributed by atoms with van der Waals surface area (Å²) in [7, 11) is 0. The van der Waals surface area contributed by atoms with Crippen LogP contribution < -0.4 is 5.32 Å². The van der Waals surface area contributed by atoms with Gasteiger partial charge in [0.1, 0.15) is 0 Å². The van der Waals surface area contributed by atoms with Gasteiger partial charge in [-0.1, -0.05) is 30.3 Å². The zero-order valence-electron chi connectivity index (χ0n) is 39.8. The average molecular weight is 976 g/mol. The molecule has 69 heavy (non-hydrogen) atoms. The second-order valence-corrected chi connectivity index (χ2v) is 16.7. The van der Waals surface area contributed by atoms with E-state index in [1.807, 2.05) is 28.8 Å². The van der Waals surface area contributed by atoms with Gasteiger partial charge < -0.3 is 57.3 Å². The summed E-state index contributed by atoms with van der Waals surface area (Å²) in [6, 6.07) is 11.5. The monoisotopic (exact) mass is 975 g/mol. The van der Waals surface area contributed by atoms with Gasteiger partial charge in [0.25, 0.3) is 0 Å². The number of carbonyl (C=O) groups excluding carboxylic acids is 4. The summed E-state index contributed by atoms with van der Waals surface area (Å²) in [5.74, 6) is -1.29. The van der Waals surface area contributed by atoms with Crippen LogP contribution in [-0.4, -0.2) is 158 Å². The molecule has 0 aliphatic carbocycles. The Hall–Kier alpha value is -4.63. The molecule has 5 rings (SSSR count). The minimum absolute atomic E-state index is 0.00726. The summed E-state index contributed by atoms with van der Waals surface area (Å²) in [4.78, 5) is 53.7. The van der Waals surface area contributed by atoms with E-state index in [0.717, 1.165) is 44.2 Å². The maximum absolute atomic E-state index is 12.9. The minimum atomic E-state index is -2.44. The lowest BCUT2D eigenvalue weighted by Gasteiger charge is -2.35. The molecule has 3 aliphatic heterocycles. The van der Waals surface area contributed by atoms with Gasteiger partial charge in [-0.2, -0.15) is 4.99 Å². The lowest BCUT2D eigenvalue weighted by molar-refractivity contribution is -0.146. The number of nitrogens with one attached hydrogen (secondary N) is 1. The molecular weight excluding hydrogens is 905 g/mol. The predicted octanol–water partition coefficient (Wildman–Crippen LogP) is 6.78. The van der Waals surface area contributed by atoms with Crippen LogP contribution in [-0.2, 0) is 63.5 Å². The first-order valence-electron chi connectivity index (χ1n) is 24.5. The van der Waals surface area contributed by atoms with Crippen LogP contribution in [0.2, 0.25) is 0 Å². The molecule has 4 heterocycles. The molecule has 3 unspecified atom stereocenters. The van der Waals surface area contributed by atoms with Gasteiger partial charge in [0.2, 0.25) is 24.2 Å². The fraction of sp³-hybridized carbons (Fsp3) is 0.660. The number of urea groups is 1. The number of aliphatic imine (C=N–C) groups is 1. The topological polar surface area (TPSA) is 190 Å². The normalized spacial score (nSPS) is 17.5. The van der Waals surface area contributed by atoms with Crippen LogP contribution >= 0.6 is 0 Å². The number of aromatic nitrogens is 1. The van der Waals surface area contributed by atoms with Crippen molar-refractivity contribution in [3.63, 3.8) is 0 Å². The van der Waals surface area contributed by atoms with Crippen LogP contribution in [0, 0.1) is 0 Å². The van der Waals surface area contributed by atoms with E-state index in [-0.39, 0.29) is 49.4 Å². The molecule has 0 fully saturated rings. The third-order valence-electron chi connectivity index (χ3n) is 11.3. The number of ether oxygens (including phenoxy) is 10. The SMILES string of the molecule is O=C1N=C(OCCCOCCCOCCCOCCCOCCCOCCCOCCCOCCCOC(=O)C2CCn3c(C(=O)c4ccccc4)ccc32)C2OC(=O)C=C(CCCC(F)F)C2N1. The van der Waals surface area contributed by atoms with Crippen LogP contribution in [0.5, 0.6) is 0 Å². The van der Waals surface area contributed by atoms with Crippen molar-refractivity contribution in [2.75, 3.05) is 106 Å². The second-order valence-electron chi connectivity index (χ2n) is 16.7. The van der Waals surface area contributed by atoms with Gasteiger partial charge in [-0.3, -0.25) is 9.59 Å². The van der Waals surface area contributed by atoms with Gasteiger partial charge in [0, 0.05) is 136 Å². The molecule has 17 nitrogen and oxygen atoms in total. The number of nitrogens with zero attached hydrogens (tertiary/aromatic N) is 2. The van der Waals surface area contributed by atoms with Gasteiger partial charge >= 0.3 is 18.0 Å². The smallest absolute Gasteiger partial charge is 0.344 e. The van der Waals surface area contributed by atoms with Crippen molar-refractivity contribution >= 4 is 29.7 Å². The Morgan fingerprint density at radius 2 is 1.17 bits per heavy atom. The van der Waals surface area contributed by atoms with Gasteiger partial charge in [-0.05, 0) is 75.5 Å². The molecule has 2 aromatic rings. The van der Waals surface area contributed by atoms with E-state index in [1.54, 1.807) is 18.2 Å². The van der Waals surface area contributed by atoms with Gasteiger partial charge in [-0.15, -0.1) is 0 Å². The maximum atomic E-state index is 12.9. The number of amides is 2. The van der Waals surface area contributed by atoms with Crippen molar-refractivity contribution in [2.45, 2.75) is 108 Å². The van der Waals surface area contributed by atoms with E-state index in [0.29, 0.717) is 142 Å². The number of benzene rings is 1. The first kappa shape index (κ1) is 55.3. The summed E-state index contributed by atoms with van der Waals surface area (Å²) in [5, 5.41) is 2.64. The molecule has 0 saturated carbocycles. The highest BCUT2D eigenvalue weighted by Gasteiger charge is 2.42. The highest BCUT2D eigenvalue weighted by atomic mass is 19.3. The Morgan fingerprint density at radius 3 is 1.70 bits per heavy atom. The predicted molar refractivity (Wildman–Crippen MR) is 249 cm³/mol. The molecule has 0 bridgehead atoms. The Morgan fingerprint density at radius 1 is 0.667 bits per heavy atom. The van der Waals surface area contributed by atoms with Crippen molar-refractivity contribution in [1.29, 1.82) is 0 Å². The zero-order chi connectivity index (χ0) is 48.7. The lowest BCUT2D eigenvalue weighted by atomic mass is 9.93. The second kappa shape index (κ2) is 33.0. The molecule has 3 aliphatic rings. The van der Waals surface area contributed by atoms with E-state index in [9.17, 15) is 28.0 Å². The molecule has 1 N–H and O–H groups in total. The van der Waals surface area contributed by atoms with Crippen LogP contribution in [0.3, 0.4) is 0 Å². The van der Waals surface area contributed by atoms with E-state index in [4.69, 9.17) is 47.4 Å². The Labute approximate surface area is 403 Å². The molecule has 1 aromatic heterocycles. The van der Waals surface area contributed by atoms with E-state index < -0.39 is 30.6 Å². The summed E-state index contributed by atoms with van der Waals surface area (Å²) < 4.78 is 83.3. The molecule has 0 spiro atoms. The number of hydrogen-bond donors (Lipinski definition) is 1. The highest BCUT2D eigenvalue weighted by molar-refractivity contribution is 6.08. The van der Waals surface area contributed by atoms with E-state index in [1.165, 1.54) is 6.08 Å². The fourth-order valence-electron chi connectivity index (χ4n) is 7.84. The number of esters is 2. The van der Waals surface area contributed by atoms with Crippen molar-refractivity contribution in [3.05, 3.63) is 71.1 Å². The van der Waals surface area contributed by atoms with E-state index in [2.05, 4.69) is 10.3 Å². The number of carbonyl (C=O) groups is 4. The summed E-state index contributed by atoms with van der Waals surface area (Å²) in [6.07, 6.45) is 4.53. The molecular formula is C50H71F2N3O14. The largest absolute Gasteiger partial charge is 0.478 e. The van der Waals surface area contributed by atoms with Crippen LogP contribution in [0.1, 0.15) is 105 Å². The number of ketones is 1. The average Bonchev–Trinajstić information content (AvgIpc) is 3.96. The summed E-state index contributed by atoms with van der Waals surface area (Å²) in [5.41, 5.74) is 2.59. The summed E-state index contributed by atoms with van der Waals surface area (Å²) >= 11 is 0. The van der Waals surface area contributed by atoms with Gasteiger partial charge in [0.05, 0.1) is 30.9 Å². The molecule has 19 heteroatoms. The highest BCUT2D eigenvalue weighted by Crippen LogP contribution is 2.32. The zero-order valence-corrected chi connectivity index (χ0v) is 39.8. The van der Waals surface area contributed by atoms with Crippen molar-refractivity contribution in [3.8, 4) is 0 Å². The van der Waals surface area contributed by atoms with Crippen molar-refractivity contribution < 1.29 is 75.3 Å². The van der Waals surface area contributed by atoms with E-state index >= 15 is 0 Å². The molecule has 0 saturated heterocycles. The molecule has 0 radical (unpaired) electrons. The molecule has 2 amide bonds. The summed E-state index contributed by atoms with van der Waals surface area (Å²) in [6.45, 7) is 9.36. The minimum Gasteiger partial charge on any atom is -0.478 e. The first-order chi connectivity index (χ1) is 33.8. The Balaban J connectivity index is 0.699. The number of rotatable bonds is 39. The standard InChI is InChI=1S/C50H71F2N3O14/c51-43(52)16-4-15-39-37-44(56)69-47-45(39)53-50(59)54-48(47)67-35-11-33-65-31-9-29-63-27-7-25-61-23-5-21-60-22-6-24-62-26-8-28-64-30-10-32-66-34-12-36-68-49(58)40-19-20-55-41(40)17-18-42(55)46(57)38-13-2-1-3-14-38/h1-3,13-14,17-18,37,40,43,45,47H,4-12,15-16,19-36H2,(H,53,59). The number of hydrogen-bond acceptors (Lipinski definition) is 14. The number of halogens is 2. The Bertz CT molecular complexity index is 1880. The molecule has 3 atom stereocenters. The fourth-order valence-corrected chi connectivity index (χ4v) is 7.84. The maximum Gasteiger partial charge on any atom is 0.344 e. The number of fused-ring (bicyclic) bond motifs is 2. The van der Waals surface area contributed by atoms with Gasteiger partial charge in [0.15, 0.2) is 0 Å². The van der Waals surface area contributed by atoms with Crippen molar-refractivity contribution in [1.82, 2.24) is 9.88 Å². The molecule has 1 aromatic carbocycles. The van der Waals surface area contributed by atoms with Crippen LogP contribution in [0.15, 0.2) is 59.1 Å². The quantitative estimate of drug-likeness (QED) is 0.0419. The lowest BCUT2D eigenvalue weighted by Crippen LogP contribution is -2.55.